The lowest BCUT2D eigenvalue weighted by Gasteiger charge is -2.16. The van der Waals surface area contributed by atoms with Crippen molar-refractivity contribution in [2.24, 2.45) is 0 Å². The van der Waals surface area contributed by atoms with E-state index in [-0.39, 0.29) is 18.4 Å². The average molecular weight is 323 g/mol. The molecule has 2 aromatic rings. The van der Waals surface area contributed by atoms with E-state index in [4.69, 9.17) is 4.52 Å². The van der Waals surface area contributed by atoms with Gasteiger partial charge in [-0.1, -0.05) is 5.16 Å². The molecule has 0 bridgehead atoms. The minimum atomic E-state index is -0.351. The van der Waals surface area contributed by atoms with Crippen LogP contribution in [0.1, 0.15) is 21.8 Å². The molecule has 0 saturated carbocycles. The van der Waals surface area contributed by atoms with E-state index >= 15 is 0 Å². The van der Waals surface area contributed by atoms with Crippen molar-refractivity contribution in [2.45, 2.75) is 13.8 Å². The third-order valence-corrected chi connectivity index (χ3v) is 3.88. The molecule has 2 heterocycles. The maximum atomic E-state index is 12.4. The standard InChI is InChI=1S/C13H17N5O3S/c1-7-5-9(16-21-7)15-10(19)6-18(4)13(20)11-8(2)17-22-12(11)14-3/h5,14H,6H2,1-4H3,(H,15,16,19). The summed E-state index contributed by atoms with van der Waals surface area (Å²) in [5, 5.41) is 9.86. The molecule has 9 heteroatoms. The molecular weight excluding hydrogens is 306 g/mol. The molecule has 2 N–H and O–H groups in total. The number of nitrogens with one attached hydrogen (secondary N) is 2. The van der Waals surface area contributed by atoms with Crippen molar-refractivity contribution >= 4 is 34.2 Å². The van der Waals surface area contributed by atoms with Crippen LogP contribution in [0, 0.1) is 13.8 Å². The first-order valence-electron chi connectivity index (χ1n) is 6.55. The Bertz CT molecular complexity index is 694. The molecule has 0 aliphatic carbocycles. The number of amides is 2. The molecule has 0 atom stereocenters. The summed E-state index contributed by atoms with van der Waals surface area (Å²) in [4.78, 5) is 25.7. The first-order valence-corrected chi connectivity index (χ1v) is 7.32. The zero-order valence-corrected chi connectivity index (χ0v) is 13.6. The summed E-state index contributed by atoms with van der Waals surface area (Å²) in [5.74, 6) is 0.309. The molecule has 2 amide bonds. The highest BCUT2D eigenvalue weighted by atomic mass is 32.1. The number of carbonyl (C=O) groups is 2. The molecule has 2 aromatic heterocycles. The van der Waals surface area contributed by atoms with E-state index in [9.17, 15) is 9.59 Å². The summed E-state index contributed by atoms with van der Waals surface area (Å²) < 4.78 is 9.01. The van der Waals surface area contributed by atoms with E-state index in [0.717, 1.165) is 0 Å². The van der Waals surface area contributed by atoms with Crippen molar-refractivity contribution in [2.75, 3.05) is 31.3 Å². The van der Waals surface area contributed by atoms with E-state index in [1.54, 1.807) is 34.0 Å². The third-order valence-electron chi connectivity index (χ3n) is 2.93. The quantitative estimate of drug-likeness (QED) is 0.865. The smallest absolute Gasteiger partial charge is 0.258 e. The maximum absolute atomic E-state index is 12.4. The number of anilines is 2. The van der Waals surface area contributed by atoms with Crippen LogP contribution >= 0.6 is 11.5 Å². The highest BCUT2D eigenvalue weighted by Gasteiger charge is 2.22. The fraction of sp³-hybridized carbons (Fsp3) is 0.385. The van der Waals surface area contributed by atoms with Gasteiger partial charge in [0.25, 0.3) is 5.91 Å². The second kappa shape index (κ2) is 6.56. The van der Waals surface area contributed by atoms with Gasteiger partial charge in [0.1, 0.15) is 10.8 Å². The number of carbonyl (C=O) groups excluding carboxylic acids is 2. The van der Waals surface area contributed by atoms with Crippen LogP contribution in [0.3, 0.4) is 0 Å². The van der Waals surface area contributed by atoms with Crippen molar-refractivity contribution in [3.63, 3.8) is 0 Å². The summed E-state index contributed by atoms with van der Waals surface area (Å²) in [7, 11) is 3.29. The Morgan fingerprint density at radius 1 is 1.41 bits per heavy atom. The summed E-state index contributed by atoms with van der Waals surface area (Å²) in [6.07, 6.45) is 0. The van der Waals surface area contributed by atoms with E-state index in [1.165, 1.54) is 16.4 Å². The van der Waals surface area contributed by atoms with Gasteiger partial charge in [-0.25, -0.2) is 0 Å². The Hall–Kier alpha value is -2.42. The third kappa shape index (κ3) is 3.42. The number of aryl methyl sites for hydroxylation is 2. The molecule has 2 rings (SSSR count). The number of likely N-dealkylation sites (N-methyl/N-ethyl adjacent to an activating group) is 1. The predicted molar refractivity (Wildman–Crippen MR) is 83.2 cm³/mol. The Morgan fingerprint density at radius 2 is 2.14 bits per heavy atom. The lowest BCUT2D eigenvalue weighted by Crippen LogP contribution is -2.35. The number of hydrogen-bond acceptors (Lipinski definition) is 7. The second-order valence-electron chi connectivity index (χ2n) is 4.75. The van der Waals surface area contributed by atoms with Crippen LogP contribution in [-0.4, -0.2) is 46.9 Å². The van der Waals surface area contributed by atoms with E-state index < -0.39 is 0 Å². The van der Waals surface area contributed by atoms with Crippen molar-refractivity contribution in [3.05, 3.63) is 23.1 Å². The number of hydrogen-bond donors (Lipinski definition) is 2. The Balaban J connectivity index is 2.01. The summed E-state index contributed by atoms with van der Waals surface area (Å²) in [6.45, 7) is 3.39. The summed E-state index contributed by atoms with van der Waals surface area (Å²) >= 11 is 1.21. The van der Waals surface area contributed by atoms with Gasteiger partial charge < -0.3 is 20.1 Å². The van der Waals surface area contributed by atoms with Crippen molar-refractivity contribution < 1.29 is 14.1 Å². The lowest BCUT2D eigenvalue weighted by atomic mass is 10.2. The molecule has 0 aliphatic rings. The fourth-order valence-electron chi connectivity index (χ4n) is 1.88. The molecule has 0 aromatic carbocycles. The van der Waals surface area contributed by atoms with E-state index in [1.807, 2.05) is 0 Å². The van der Waals surface area contributed by atoms with Crippen LogP contribution < -0.4 is 10.6 Å². The Labute approximate surface area is 131 Å². The SMILES string of the molecule is CNc1snc(C)c1C(=O)N(C)CC(=O)Nc1cc(C)on1. The molecule has 0 aliphatic heterocycles. The van der Waals surface area contributed by atoms with Gasteiger partial charge in [-0.15, -0.1) is 0 Å². The first-order chi connectivity index (χ1) is 10.4. The number of nitrogens with zero attached hydrogens (tertiary/aromatic N) is 3. The molecule has 22 heavy (non-hydrogen) atoms. The van der Waals surface area contributed by atoms with Crippen LogP contribution in [-0.2, 0) is 4.79 Å². The minimum Gasteiger partial charge on any atom is -0.378 e. The summed E-state index contributed by atoms with van der Waals surface area (Å²) in [5.41, 5.74) is 1.12. The van der Waals surface area contributed by atoms with Gasteiger partial charge in [0.05, 0.1) is 17.8 Å². The first kappa shape index (κ1) is 16.0. The van der Waals surface area contributed by atoms with Gasteiger partial charge >= 0.3 is 0 Å². The maximum Gasteiger partial charge on any atom is 0.258 e. The molecule has 0 spiro atoms. The van der Waals surface area contributed by atoms with Crippen LogP contribution in [0.5, 0.6) is 0 Å². The molecule has 0 fully saturated rings. The van der Waals surface area contributed by atoms with Gasteiger partial charge in [0.2, 0.25) is 5.91 Å². The van der Waals surface area contributed by atoms with Crippen molar-refractivity contribution in [1.29, 1.82) is 0 Å². The van der Waals surface area contributed by atoms with Crippen LogP contribution in [0.4, 0.5) is 10.8 Å². The predicted octanol–water partition coefficient (Wildman–Crippen LogP) is 1.50. The molecule has 0 radical (unpaired) electrons. The Kier molecular flexibility index (Phi) is 4.76. The van der Waals surface area contributed by atoms with Gasteiger partial charge in [0.15, 0.2) is 5.82 Å². The molecule has 118 valence electrons. The molecular formula is C13H17N5O3S. The monoisotopic (exact) mass is 323 g/mol. The molecule has 8 nitrogen and oxygen atoms in total. The lowest BCUT2D eigenvalue weighted by molar-refractivity contribution is -0.116. The van der Waals surface area contributed by atoms with Gasteiger partial charge in [-0.3, -0.25) is 9.59 Å². The van der Waals surface area contributed by atoms with Crippen molar-refractivity contribution in [3.8, 4) is 0 Å². The topological polar surface area (TPSA) is 100 Å². The number of rotatable bonds is 5. The average Bonchev–Trinajstić information content (AvgIpc) is 3.03. The van der Waals surface area contributed by atoms with Gasteiger partial charge in [0, 0.05) is 20.2 Å². The van der Waals surface area contributed by atoms with Crippen LogP contribution in [0.25, 0.3) is 0 Å². The molecule has 0 unspecified atom stereocenters. The van der Waals surface area contributed by atoms with E-state index in [0.29, 0.717) is 27.8 Å². The fourth-order valence-corrected chi connectivity index (χ4v) is 2.62. The highest BCUT2D eigenvalue weighted by molar-refractivity contribution is 7.10. The number of aromatic nitrogens is 2. The highest BCUT2D eigenvalue weighted by Crippen LogP contribution is 2.25. The van der Waals surface area contributed by atoms with E-state index in [2.05, 4.69) is 20.2 Å². The van der Waals surface area contributed by atoms with Crippen LogP contribution in [0.2, 0.25) is 0 Å². The van der Waals surface area contributed by atoms with Gasteiger partial charge in [-0.05, 0) is 25.4 Å². The summed E-state index contributed by atoms with van der Waals surface area (Å²) in [6, 6.07) is 1.60. The minimum absolute atomic E-state index is 0.0941. The van der Waals surface area contributed by atoms with Gasteiger partial charge in [-0.2, -0.15) is 4.37 Å². The largest absolute Gasteiger partial charge is 0.378 e. The normalized spacial score (nSPS) is 10.4. The van der Waals surface area contributed by atoms with Crippen molar-refractivity contribution in [1.82, 2.24) is 14.4 Å². The second-order valence-corrected chi connectivity index (χ2v) is 5.53. The molecule has 0 saturated heterocycles. The zero-order chi connectivity index (χ0) is 16.3. The van der Waals surface area contributed by atoms with Crippen LogP contribution in [0.15, 0.2) is 10.6 Å². The zero-order valence-electron chi connectivity index (χ0n) is 12.8. The Morgan fingerprint density at radius 3 is 2.73 bits per heavy atom.